The summed E-state index contributed by atoms with van der Waals surface area (Å²) >= 11 is 25.2. The Morgan fingerprint density at radius 1 is 0.897 bits per heavy atom. The van der Waals surface area contributed by atoms with Gasteiger partial charge in [-0.1, -0.05) is 82.8 Å². The van der Waals surface area contributed by atoms with E-state index >= 15 is 0 Å². The summed E-state index contributed by atoms with van der Waals surface area (Å²) in [5, 5.41) is 3.73. The Hall–Kier alpha value is -2.49. The second kappa shape index (κ2) is 13.7. The number of anilines is 1. The Balaban J connectivity index is 2.10. The van der Waals surface area contributed by atoms with Gasteiger partial charge in [-0.25, -0.2) is 8.42 Å². The topological polar surface area (TPSA) is 86.8 Å². The molecule has 0 radical (unpaired) electrons. The molecular weight excluding hydrogens is 604 g/mol. The second-order valence-electron chi connectivity index (χ2n) is 8.69. The Morgan fingerprint density at radius 3 is 2.10 bits per heavy atom. The van der Waals surface area contributed by atoms with Crippen molar-refractivity contribution in [1.29, 1.82) is 0 Å². The van der Waals surface area contributed by atoms with Gasteiger partial charge in [-0.05, 0) is 42.8 Å². The van der Waals surface area contributed by atoms with Crippen molar-refractivity contribution in [2.45, 2.75) is 25.9 Å². The molecule has 0 bridgehead atoms. The summed E-state index contributed by atoms with van der Waals surface area (Å²) in [4.78, 5) is 28.7. The standard InChI is InChI=1S/C27H27Cl4N3O4S/c1-3-32-27(36)25(14-18-8-5-4-6-9-18)33(16-20-21(29)10-7-11-22(20)30)26(35)17-34(39(2,37)38)24-13-12-19(28)15-23(24)31/h4-13,15,25H,3,14,16-17H2,1-2H3,(H,32,36)/t25-/m0/s1. The molecule has 39 heavy (non-hydrogen) atoms. The number of hydrogen-bond donors (Lipinski definition) is 1. The fraction of sp³-hybridized carbons (Fsp3) is 0.259. The minimum Gasteiger partial charge on any atom is -0.355 e. The van der Waals surface area contributed by atoms with Gasteiger partial charge < -0.3 is 10.2 Å². The summed E-state index contributed by atoms with van der Waals surface area (Å²) in [6.45, 7) is 1.32. The molecule has 0 spiro atoms. The number of carbonyl (C=O) groups excluding carboxylic acids is 2. The summed E-state index contributed by atoms with van der Waals surface area (Å²) in [7, 11) is -3.98. The van der Waals surface area contributed by atoms with E-state index in [-0.39, 0.29) is 23.7 Å². The average molecular weight is 631 g/mol. The summed E-state index contributed by atoms with van der Waals surface area (Å²) in [6, 6.07) is 17.4. The van der Waals surface area contributed by atoms with E-state index in [2.05, 4.69) is 5.32 Å². The lowest BCUT2D eigenvalue weighted by Crippen LogP contribution is -2.53. The lowest BCUT2D eigenvalue weighted by Gasteiger charge is -2.34. The van der Waals surface area contributed by atoms with Gasteiger partial charge in [0.15, 0.2) is 0 Å². The van der Waals surface area contributed by atoms with Crippen molar-refractivity contribution >= 4 is 73.9 Å². The minimum atomic E-state index is -3.98. The van der Waals surface area contributed by atoms with Crippen molar-refractivity contribution in [3.63, 3.8) is 0 Å². The fourth-order valence-electron chi connectivity index (χ4n) is 3.98. The van der Waals surface area contributed by atoms with Crippen LogP contribution in [0.1, 0.15) is 18.1 Å². The number of benzene rings is 3. The number of carbonyl (C=O) groups is 2. The Morgan fingerprint density at radius 2 is 1.54 bits per heavy atom. The molecule has 0 unspecified atom stereocenters. The first-order valence-electron chi connectivity index (χ1n) is 11.9. The van der Waals surface area contributed by atoms with Crippen LogP contribution >= 0.6 is 46.4 Å². The molecule has 12 heteroatoms. The number of amides is 2. The third-order valence-electron chi connectivity index (χ3n) is 5.87. The van der Waals surface area contributed by atoms with E-state index in [0.717, 1.165) is 16.1 Å². The molecule has 0 heterocycles. The third-order valence-corrected chi connectivity index (χ3v) is 8.24. The Labute approximate surface area is 248 Å². The maximum atomic E-state index is 14.0. The highest BCUT2D eigenvalue weighted by atomic mass is 35.5. The van der Waals surface area contributed by atoms with E-state index in [4.69, 9.17) is 46.4 Å². The quantitative estimate of drug-likeness (QED) is 0.288. The highest BCUT2D eigenvalue weighted by Gasteiger charge is 2.34. The van der Waals surface area contributed by atoms with E-state index in [1.54, 1.807) is 25.1 Å². The van der Waals surface area contributed by atoms with Crippen LogP contribution in [0.25, 0.3) is 0 Å². The van der Waals surface area contributed by atoms with Gasteiger partial charge in [0, 0.05) is 40.1 Å². The highest BCUT2D eigenvalue weighted by Crippen LogP contribution is 2.31. The third kappa shape index (κ3) is 8.25. The maximum absolute atomic E-state index is 14.0. The zero-order valence-electron chi connectivity index (χ0n) is 21.2. The predicted molar refractivity (Wildman–Crippen MR) is 158 cm³/mol. The number of sulfonamides is 1. The van der Waals surface area contributed by atoms with Gasteiger partial charge in [-0.3, -0.25) is 13.9 Å². The van der Waals surface area contributed by atoms with E-state index in [9.17, 15) is 18.0 Å². The van der Waals surface area contributed by atoms with Crippen LogP contribution in [-0.4, -0.2) is 50.5 Å². The first kappa shape index (κ1) is 31.0. The van der Waals surface area contributed by atoms with E-state index in [1.807, 2.05) is 30.3 Å². The first-order chi connectivity index (χ1) is 18.4. The number of rotatable bonds is 11. The molecule has 0 aliphatic carbocycles. The number of hydrogen-bond acceptors (Lipinski definition) is 4. The predicted octanol–water partition coefficient (Wildman–Crippen LogP) is 5.84. The molecule has 0 aliphatic heterocycles. The Bertz CT molecular complexity index is 1420. The second-order valence-corrected chi connectivity index (χ2v) is 12.3. The molecular formula is C27H27Cl4N3O4S. The number of halogens is 4. The highest BCUT2D eigenvalue weighted by molar-refractivity contribution is 7.92. The number of nitrogens with zero attached hydrogens (tertiary/aromatic N) is 2. The summed E-state index contributed by atoms with van der Waals surface area (Å²) in [6.07, 6.45) is 1.13. The van der Waals surface area contributed by atoms with Crippen LogP contribution in [0.3, 0.4) is 0 Å². The van der Waals surface area contributed by atoms with Crippen molar-refractivity contribution in [2.75, 3.05) is 23.7 Å². The monoisotopic (exact) mass is 629 g/mol. The molecule has 1 atom stereocenters. The molecule has 0 saturated carbocycles. The van der Waals surface area contributed by atoms with E-state index in [1.165, 1.54) is 23.1 Å². The molecule has 3 aromatic carbocycles. The van der Waals surface area contributed by atoms with Crippen LogP contribution in [0.2, 0.25) is 20.1 Å². The summed E-state index contributed by atoms with van der Waals surface area (Å²) in [5.74, 6) is -1.07. The van der Waals surface area contributed by atoms with Crippen LogP contribution in [-0.2, 0) is 32.6 Å². The van der Waals surface area contributed by atoms with Crippen LogP contribution in [0, 0.1) is 0 Å². The van der Waals surface area contributed by atoms with Gasteiger partial charge in [0.25, 0.3) is 0 Å². The van der Waals surface area contributed by atoms with E-state index < -0.39 is 34.4 Å². The van der Waals surface area contributed by atoms with Crippen LogP contribution in [0.4, 0.5) is 5.69 Å². The van der Waals surface area contributed by atoms with Gasteiger partial charge in [-0.2, -0.15) is 0 Å². The zero-order chi connectivity index (χ0) is 28.7. The molecule has 0 fully saturated rings. The molecule has 2 amide bonds. The van der Waals surface area contributed by atoms with Gasteiger partial charge in [0.2, 0.25) is 21.8 Å². The zero-order valence-corrected chi connectivity index (χ0v) is 25.0. The molecule has 1 N–H and O–H groups in total. The van der Waals surface area contributed by atoms with Gasteiger partial charge in [0.05, 0.1) is 17.0 Å². The SMILES string of the molecule is CCNC(=O)[C@H](Cc1ccccc1)N(Cc1c(Cl)cccc1Cl)C(=O)CN(c1ccc(Cl)cc1Cl)S(C)(=O)=O. The molecule has 7 nitrogen and oxygen atoms in total. The number of nitrogens with one attached hydrogen (secondary N) is 1. The van der Waals surface area contributed by atoms with Crippen LogP contribution < -0.4 is 9.62 Å². The largest absolute Gasteiger partial charge is 0.355 e. The molecule has 208 valence electrons. The van der Waals surface area contributed by atoms with Crippen molar-refractivity contribution in [3.8, 4) is 0 Å². The normalized spacial score (nSPS) is 12.1. The molecule has 0 saturated heterocycles. The smallest absolute Gasteiger partial charge is 0.244 e. The number of likely N-dealkylation sites (N-methyl/N-ethyl adjacent to an activating group) is 1. The average Bonchev–Trinajstić information content (AvgIpc) is 2.86. The lowest BCUT2D eigenvalue weighted by molar-refractivity contribution is -0.140. The fourth-order valence-corrected chi connectivity index (χ4v) is 5.92. The summed E-state index contributed by atoms with van der Waals surface area (Å²) < 4.78 is 26.5. The van der Waals surface area contributed by atoms with Crippen molar-refractivity contribution in [2.24, 2.45) is 0 Å². The van der Waals surface area contributed by atoms with Gasteiger partial charge in [-0.15, -0.1) is 0 Å². The Kier molecular flexibility index (Phi) is 10.9. The minimum absolute atomic E-state index is 0.0472. The van der Waals surface area contributed by atoms with Gasteiger partial charge >= 0.3 is 0 Å². The van der Waals surface area contributed by atoms with Crippen LogP contribution in [0.5, 0.6) is 0 Å². The lowest BCUT2D eigenvalue weighted by atomic mass is 10.0. The van der Waals surface area contributed by atoms with Crippen molar-refractivity contribution in [1.82, 2.24) is 10.2 Å². The molecule has 0 aliphatic rings. The molecule has 3 rings (SSSR count). The van der Waals surface area contributed by atoms with Gasteiger partial charge in [0.1, 0.15) is 12.6 Å². The molecule has 3 aromatic rings. The maximum Gasteiger partial charge on any atom is 0.244 e. The van der Waals surface area contributed by atoms with E-state index in [0.29, 0.717) is 27.2 Å². The molecule has 0 aromatic heterocycles. The van der Waals surface area contributed by atoms with Crippen molar-refractivity contribution < 1.29 is 18.0 Å². The summed E-state index contributed by atoms with van der Waals surface area (Å²) in [5.41, 5.74) is 1.30. The van der Waals surface area contributed by atoms with Crippen molar-refractivity contribution in [3.05, 3.63) is 97.9 Å². The van der Waals surface area contributed by atoms with Crippen LogP contribution in [0.15, 0.2) is 66.7 Å². The first-order valence-corrected chi connectivity index (χ1v) is 15.2.